The van der Waals surface area contributed by atoms with Crippen LogP contribution in [0.1, 0.15) is 29.5 Å². The Bertz CT molecular complexity index is 14.0. The molecule has 0 aromatic carbocycles. The number of hydrogen-bond acceptors (Lipinski definition) is 0. The monoisotopic (exact) mass is 138 g/mol. The van der Waals surface area contributed by atoms with Gasteiger partial charge in [0.2, 0.25) is 0 Å². The molecule has 0 spiro atoms. The van der Waals surface area contributed by atoms with E-state index in [1.165, 1.54) is 12.8 Å². The Balaban J connectivity index is -0.00000000750. The van der Waals surface area contributed by atoms with Crippen molar-refractivity contribution in [1.82, 2.24) is 0 Å². The third-order valence-electron chi connectivity index (χ3n) is 0.500. The van der Waals surface area contributed by atoms with Crippen LogP contribution in [0.5, 0.6) is 0 Å². The van der Waals surface area contributed by atoms with E-state index in [1.54, 1.807) is 0 Å². The Hall–Kier alpha value is 3.27. The third kappa shape index (κ3) is 15.7. The molecule has 0 bridgehead atoms. The molecule has 2 heteroatoms. The molecule has 0 unspecified atom stereocenters. The van der Waals surface area contributed by atoms with Gasteiger partial charge >= 0.3 is 103 Å². The maximum Gasteiger partial charge on any atom is 1.00 e. The van der Waals surface area contributed by atoms with Gasteiger partial charge in [0, 0.05) is 0 Å². The molecule has 0 atom stereocenters. The first kappa shape index (κ1) is 16.1. The summed E-state index contributed by atoms with van der Waals surface area (Å²) in [5, 5.41) is 0. The molecule has 0 N–H and O–H groups in total. The molecule has 0 rings (SSSR count). The molecule has 0 saturated carbocycles. The molecule has 0 amide bonds. The standard InChI is InChI=1S/C4H10.2K.2H/c1-3-4-2;;;;/h3-4H2,1-2H3;;;;/q;2*+1;2*-1. The average Bonchev–Trinajstić information content (AvgIpc) is 1.37. The van der Waals surface area contributed by atoms with Crippen LogP contribution in [-0.4, -0.2) is 0 Å². The number of rotatable bonds is 1. The molecule has 0 saturated heterocycles. The van der Waals surface area contributed by atoms with E-state index in [-0.39, 0.29) is 106 Å². The number of unbranched alkanes of at least 4 members (excludes halogenated alkanes) is 1. The molecule has 0 aromatic heterocycles. The van der Waals surface area contributed by atoms with Gasteiger partial charge < -0.3 is 2.85 Å². The van der Waals surface area contributed by atoms with Crippen molar-refractivity contribution in [3.63, 3.8) is 0 Å². The van der Waals surface area contributed by atoms with Crippen LogP contribution in [0.25, 0.3) is 0 Å². The van der Waals surface area contributed by atoms with Gasteiger partial charge in [0.25, 0.3) is 0 Å². The second kappa shape index (κ2) is 15.7. The molecule has 0 aromatic rings. The Morgan fingerprint density at radius 1 is 1.00 bits per heavy atom. The minimum Gasteiger partial charge on any atom is -1.00 e. The first-order chi connectivity index (χ1) is 1.91. The Morgan fingerprint density at radius 2 is 1.17 bits per heavy atom. The molecule has 0 nitrogen and oxygen atoms in total. The second-order valence-electron chi connectivity index (χ2n) is 1.000. The minimum atomic E-state index is 0. The first-order valence-corrected chi connectivity index (χ1v) is 1.91. The zero-order chi connectivity index (χ0) is 3.41. The van der Waals surface area contributed by atoms with Crippen LogP contribution in [-0.2, 0) is 0 Å². The molecule has 6 heavy (non-hydrogen) atoms. The minimum absolute atomic E-state index is 0. The molecule has 0 aliphatic rings. The molecule has 0 radical (unpaired) electrons. The van der Waals surface area contributed by atoms with Crippen molar-refractivity contribution in [3.05, 3.63) is 0 Å². The van der Waals surface area contributed by atoms with Crippen molar-refractivity contribution in [2.45, 2.75) is 26.7 Å². The Kier molecular flexibility index (Phi) is 42.3. The summed E-state index contributed by atoms with van der Waals surface area (Å²) in [5.74, 6) is 0. The fraction of sp³-hybridized carbons (Fsp3) is 1.00. The van der Waals surface area contributed by atoms with E-state index in [0.29, 0.717) is 0 Å². The second-order valence-corrected chi connectivity index (χ2v) is 1.000. The quantitative estimate of drug-likeness (QED) is 0.324. The van der Waals surface area contributed by atoms with Crippen LogP contribution >= 0.6 is 0 Å². The van der Waals surface area contributed by atoms with Gasteiger partial charge in [-0.15, -0.1) is 0 Å². The summed E-state index contributed by atoms with van der Waals surface area (Å²) in [4.78, 5) is 0. The summed E-state index contributed by atoms with van der Waals surface area (Å²) >= 11 is 0. The van der Waals surface area contributed by atoms with E-state index < -0.39 is 0 Å². The Morgan fingerprint density at radius 3 is 1.17 bits per heavy atom. The van der Waals surface area contributed by atoms with Gasteiger partial charge in [-0.05, 0) is 0 Å². The van der Waals surface area contributed by atoms with Gasteiger partial charge in [-0.3, -0.25) is 0 Å². The van der Waals surface area contributed by atoms with E-state index in [0.717, 1.165) is 0 Å². The molecule has 30 valence electrons. The van der Waals surface area contributed by atoms with Gasteiger partial charge in [0.15, 0.2) is 0 Å². The van der Waals surface area contributed by atoms with Crippen LogP contribution in [0.15, 0.2) is 0 Å². The zero-order valence-corrected chi connectivity index (χ0v) is 11.7. The van der Waals surface area contributed by atoms with Crippen LogP contribution in [0, 0.1) is 0 Å². The van der Waals surface area contributed by atoms with E-state index in [2.05, 4.69) is 13.8 Å². The van der Waals surface area contributed by atoms with Crippen molar-refractivity contribution in [2.75, 3.05) is 0 Å². The fourth-order valence-corrected chi connectivity index (χ4v) is 0. The summed E-state index contributed by atoms with van der Waals surface area (Å²) in [6.07, 6.45) is 2.64. The van der Waals surface area contributed by atoms with Gasteiger partial charge in [0.1, 0.15) is 0 Å². The molecular weight excluding hydrogens is 126 g/mol. The van der Waals surface area contributed by atoms with Crippen LogP contribution < -0.4 is 103 Å². The smallest absolute Gasteiger partial charge is 1.00 e. The van der Waals surface area contributed by atoms with Crippen LogP contribution in [0.4, 0.5) is 0 Å². The fourth-order valence-electron chi connectivity index (χ4n) is 0. The van der Waals surface area contributed by atoms with Gasteiger partial charge in [-0.25, -0.2) is 0 Å². The first-order valence-electron chi connectivity index (χ1n) is 1.91. The third-order valence-corrected chi connectivity index (χ3v) is 0.500. The zero-order valence-electron chi connectivity index (χ0n) is 7.41. The van der Waals surface area contributed by atoms with Crippen molar-refractivity contribution >= 4 is 0 Å². The molecule has 0 aliphatic heterocycles. The van der Waals surface area contributed by atoms with Crippen molar-refractivity contribution in [1.29, 1.82) is 0 Å². The summed E-state index contributed by atoms with van der Waals surface area (Å²) in [6, 6.07) is 0. The number of hydrogen-bond donors (Lipinski definition) is 0. The van der Waals surface area contributed by atoms with E-state index in [4.69, 9.17) is 0 Å². The largest absolute Gasteiger partial charge is 1.00 e. The van der Waals surface area contributed by atoms with E-state index >= 15 is 0 Å². The molecular formula is C4H12K2. The van der Waals surface area contributed by atoms with Crippen LogP contribution in [0.3, 0.4) is 0 Å². The molecule has 0 aliphatic carbocycles. The van der Waals surface area contributed by atoms with Crippen LogP contribution in [0.2, 0.25) is 0 Å². The summed E-state index contributed by atoms with van der Waals surface area (Å²) in [6.45, 7) is 4.36. The maximum atomic E-state index is 2.18. The predicted octanol–water partition coefficient (Wildman–Crippen LogP) is -3.96. The average molecular weight is 138 g/mol. The maximum absolute atomic E-state index is 2.18. The predicted molar refractivity (Wildman–Crippen MR) is 22.8 cm³/mol. The van der Waals surface area contributed by atoms with Gasteiger partial charge in [-0.1, -0.05) is 26.7 Å². The SMILES string of the molecule is CCCC.[H-].[H-].[K+].[K+]. The molecule has 0 heterocycles. The van der Waals surface area contributed by atoms with Crippen molar-refractivity contribution in [2.24, 2.45) is 0 Å². The molecule has 0 fully saturated rings. The van der Waals surface area contributed by atoms with E-state index in [1.807, 2.05) is 0 Å². The normalized spacial score (nSPS) is 5.00. The summed E-state index contributed by atoms with van der Waals surface area (Å²) in [7, 11) is 0. The topological polar surface area (TPSA) is 0 Å². The van der Waals surface area contributed by atoms with Gasteiger partial charge in [0.05, 0.1) is 0 Å². The van der Waals surface area contributed by atoms with E-state index in [9.17, 15) is 0 Å². The summed E-state index contributed by atoms with van der Waals surface area (Å²) in [5.41, 5.74) is 0. The summed E-state index contributed by atoms with van der Waals surface area (Å²) < 4.78 is 0. The van der Waals surface area contributed by atoms with Gasteiger partial charge in [-0.2, -0.15) is 0 Å². The Labute approximate surface area is 129 Å². The van der Waals surface area contributed by atoms with Crippen molar-refractivity contribution < 1.29 is 106 Å². The van der Waals surface area contributed by atoms with Crippen molar-refractivity contribution in [3.8, 4) is 0 Å².